The largest absolute Gasteiger partial charge is 0.476 e. The molecule has 0 atom stereocenters. The molecule has 0 aromatic carbocycles. The number of fused-ring (bicyclic) bond motifs is 1. The molecule has 5 nitrogen and oxygen atoms in total. The average Bonchev–Trinajstić information content (AvgIpc) is 3.16. The van der Waals surface area contributed by atoms with E-state index in [4.69, 9.17) is 4.74 Å². The standard InChI is InChI=1S/C13H18N4OS/c1-14-13-15-11(10-5-8-19-12(10)16-13)18-7-6-17(2)9-3-4-9/h5,8-9H,3-4,6-7H2,1-2H3,(H,14,15,16). The Balaban J connectivity index is 1.70. The van der Waals surface area contributed by atoms with E-state index in [0.29, 0.717) is 18.4 Å². The maximum Gasteiger partial charge on any atom is 0.227 e. The number of hydrogen-bond donors (Lipinski definition) is 1. The molecule has 1 saturated carbocycles. The first-order valence-electron chi connectivity index (χ1n) is 6.54. The van der Waals surface area contributed by atoms with Crippen molar-refractivity contribution in [3.8, 4) is 5.88 Å². The van der Waals surface area contributed by atoms with Gasteiger partial charge in [0.05, 0.1) is 5.39 Å². The fraction of sp³-hybridized carbons (Fsp3) is 0.538. The molecule has 1 aliphatic carbocycles. The quantitative estimate of drug-likeness (QED) is 0.878. The maximum atomic E-state index is 5.84. The van der Waals surface area contributed by atoms with Crippen molar-refractivity contribution in [2.45, 2.75) is 18.9 Å². The van der Waals surface area contributed by atoms with E-state index in [1.807, 2.05) is 18.5 Å². The molecule has 19 heavy (non-hydrogen) atoms. The van der Waals surface area contributed by atoms with Crippen molar-refractivity contribution in [3.63, 3.8) is 0 Å². The first-order valence-corrected chi connectivity index (χ1v) is 7.42. The van der Waals surface area contributed by atoms with Crippen molar-refractivity contribution in [3.05, 3.63) is 11.4 Å². The zero-order valence-corrected chi connectivity index (χ0v) is 12.0. The Morgan fingerprint density at radius 2 is 2.32 bits per heavy atom. The van der Waals surface area contributed by atoms with Crippen molar-refractivity contribution in [1.82, 2.24) is 14.9 Å². The van der Waals surface area contributed by atoms with Crippen molar-refractivity contribution < 1.29 is 4.74 Å². The Labute approximate surface area is 116 Å². The van der Waals surface area contributed by atoms with Crippen LogP contribution >= 0.6 is 11.3 Å². The highest BCUT2D eigenvalue weighted by molar-refractivity contribution is 7.16. The first-order chi connectivity index (χ1) is 9.28. The van der Waals surface area contributed by atoms with Gasteiger partial charge in [-0.3, -0.25) is 0 Å². The van der Waals surface area contributed by atoms with Gasteiger partial charge in [0, 0.05) is 19.6 Å². The lowest BCUT2D eigenvalue weighted by Gasteiger charge is -2.15. The predicted octanol–water partition coefficient (Wildman–Crippen LogP) is 2.21. The molecule has 0 aliphatic heterocycles. The molecule has 0 spiro atoms. The van der Waals surface area contributed by atoms with Crippen LogP contribution in [0, 0.1) is 0 Å². The van der Waals surface area contributed by atoms with Crippen LogP contribution in [0.3, 0.4) is 0 Å². The molecule has 1 fully saturated rings. The van der Waals surface area contributed by atoms with E-state index in [9.17, 15) is 0 Å². The van der Waals surface area contributed by atoms with Crippen molar-refractivity contribution in [2.24, 2.45) is 0 Å². The normalized spacial score (nSPS) is 15.1. The Morgan fingerprint density at radius 3 is 3.05 bits per heavy atom. The molecular weight excluding hydrogens is 260 g/mol. The van der Waals surface area contributed by atoms with E-state index in [0.717, 1.165) is 22.8 Å². The summed E-state index contributed by atoms with van der Waals surface area (Å²) in [4.78, 5) is 12.1. The summed E-state index contributed by atoms with van der Waals surface area (Å²) in [5.41, 5.74) is 0. The minimum absolute atomic E-state index is 0.612. The zero-order valence-electron chi connectivity index (χ0n) is 11.2. The fourth-order valence-electron chi connectivity index (χ4n) is 2.03. The molecule has 0 amide bonds. The molecule has 102 valence electrons. The van der Waals surface area contributed by atoms with Crippen LogP contribution in [0.5, 0.6) is 5.88 Å². The topological polar surface area (TPSA) is 50.3 Å². The number of nitrogens with one attached hydrogen (secondary N) is 1. The lowest BCUT2D eigenvalue weighted by molar-refractivity contribution is 0.228. The number of ether oxygens (including phenoxy) is 1. The molecule has 1 N–H and O–H groups in total. The molecular formula is C13H18N4OS. The average molecular weight is 278 g/mol. The molecule has 0 saturated heterocycles. The molecule has 2 aromatic heterocycles. The van der Waals surface area contributed by atoms with E-state index in [1.165, 1.54) is 12.8 Å². The fourth-order valence-corrected chi connectivity index (χ4v) is 2.79. The van der Waals surface area contributed by atoms with Crippen LogP contribution in [0.2, 0.25) is 0 Å². The van der Waals surface area contributed by atoms with E-state index in [1.54, 1.807) is 11.3 Å². The lowest BCUT2D eigenvalue weighted by atomic mass is 10.4. The van der Waals surface area contributed by atoms with E-state index in [2.05, 4.69) is 27.2 Å². The number of hydrogen-bond acceptors (Lipinski definition) is 6. The highest BCUT2D eigenvalue weighted by Gasteiger charge is 2.25. The summed E-state index contributed by atoms with van der Waals surface area (Å²) in [5, 5.41) is 5.98. The summed E-state index contributed by atoms with van der Waals surface area (Å²) < 4.78 is 5.84. The minimum atomic E-state index is 0.612. The van der Waals surface area contributed by atoms with Gasteiger partial charge in [-0.15, -0.1) is 11.3 Å². The second-order valence-electron chi connectivity index (χ2n) is 4.80. The SMILES string of the molecule is CNc1nc(OCCN(C)C2CC2)c2ccsc2n1. The lowest BCUT2D eigenvalue weighted by Crippen LogP contribution is -2.26. The zero-order chi connectivity index (χ0) is 13.2. The van der Waals surface area contributed by atoms with E-state index < -0.39 is 0 Å². The Kier molecular flexibility index (Phi) is 3.52. The molecule has 3 rings (SSSR count). The molecule has 0 radical (unpaired) electrons. The number of thiophene rings is 1. The third-order valence-electron chi connectivity index (χ3n) is 3.37. The van der Waals surface area contributed by atoms with Crippen molar-refractivity contribution in [2.75, 3.05) is 32.6 Å². The van der Waals surface area contributed by atoms with Crippen LogP contribution in [0.4, 0.5) is 5.95 Å². The number of anilines is 1. The number of nitrogens with zero attached hydrogens (tertiary/aromatic N) is 3. The van der Waals surface area contributed by atoms with Crippen LogP contribution in [0.25, 0.3) is 10.2 Å². The minimum Gasteiger partial charge on any atom is -0.476 e. The molecule has 2 heterocycles. The third kappa shape index (κ3) is 2.79. The van der Waals surface area contributed by atoms with Gasteiger partial charge in [-0.05, 0) is 31.3 Å². The second kappa shape index (κ2) is 5.30. The van der Waals surface area contributed by atoms with Gasteiger partial charge in [-0.1, -0.05) is 0 Å². The second-order valence-corrected chi connectivity index (χ2v) is 5.70. The number of likely N-dealkylation sites (N-methyl/N-ethyl adjacent to an activating group) is 1. The van der Waals surface area contributed by atoms with Crippen LogP contribution in [0.1, 0.15) is 12.8 Å². The van der Waals surface area contributed by atoms with Crippen molar-refractivity contribution in [1.29, 1.82) is 0 Å². The first kappa shape index (κ1) is 12.6. The maximum absolute atomic E-state index is 5.84. The smallest absolute Gasteiger partial charge is 0.227 e. The van der Waals surface area contributed by atoms with E-state index in [-0.39, 0.29) is 0 Å². The Hall–Kier alpha value is -1.40. The van der Waals surface area contributed by atoms with Crippen LogP contribution in [0.15, 0.2) is 11.4 Å². The third-order valence-corrected chi connectivity index (χ3v) is 4.17. The van der Waals surface area contributed by atoms with Gasteiger partial charge in [-0.2, -0.15) is 4.98 Å². The van der Waals surface area contributed by atoms with Gasteiger partial charge in [0.1, 0.15) is 11.4 Å². The molecule has 0 unspecified atom stereocenters. The van der Waals surface area contributed by atoms with Gasteiger partial charge in [0.2, 0.25) is 11.8 Å². The summed E-state index contributed by atoms with van der Waals surface area (Å²) in [6, 6.07) is 2.78. The summed E-state index contributed by atoms with van der Waals surface area (Å²) >= 11 is 1.60. The van der Waals surface area contributed by atoms with Crippen molar-refractivity contribution >= 4 is 27.5 Å². The van der Waals surface area contributed by atoms with Gasteiger partial charge in [0.25, 0.3) is 0 Å². The number of rotatable bonds is 6. The predicted molar refractivity (Wildman–Crippen MR) is 78.1 cm³/mol. The molecule has 1 aliphatic rings. The van der Waals surface area contributed by atoms with E-state index >= 15 is 0 Å². The van der Waals surface area contributed by atoms with Crippen LogP contribution < -0.4 is 10.1 Å². The highest BCUT2D eigenvalue weighted by atomic mass is 32.1. The highest BCUT2D eigenvalue weighted by Crippen LogP contribution is 2.28. The summed E-state index contributed by atoms with van der Waals surface area (Å²) in [6.45, 7) is 1.60. The van der Waals surface area contributed by atoms with Gasteiger partial charge in [0.15, 0.2) is 0 Å². The van der Waals surface area contributed by atoms with Crippen LogP contribution in [-0.2, 0) is 0 Å². The Bertz CT molecular complexity index is 567. The van der Waals surface area contributed by atoms with Crippen LogP contribution in [-0.4, -0.2) is 48.2 Å². The summed E-state index contributed by atoms with van der Waals surface area (Å²) in [7, 11) is 3.97. The molecule has 6 heteroatoms. The summed E-state index contributed by atoms with van der Waals surface area (Å²) in [6.07, 6.45) is 2.64. The monoisotopic (exact) mass is 278 g/mol. The molecule has 2 aromatic rings. The Morgan fingerprint density at radius 1 is 1.47 bits per heavy atom. The van der Waals surface area contributed by atoms with Gasteiger partial charge < -0.3 is 15.0 Å². The van der Waals surface area contributed by atoms with Gasteiger partial charge in [-0.25, -0.2) is 4.98 Å². The summed E-state index contributed by atoms with van der Waals surface area (Å²) in [5.74, 6) is 1.29. The molecule has 0 bridgehead atoms. The van der Waals surface area contributed by atoms with Gasteiger partial charge >= 0.3 is 0 Å². The number of aromatic nitrogens is 2.